The minimum atomic E-state index is -0.723. The molecule has 0 atom stereocenters. The number of benzene rings is 1. The fourth-order valence-electron chi connectivity index (χ4n) is 2.83. The number of halogens is 1. The van der Waals surface area contributed by atoms with Crippen LogP contribution >= 0.6 is 0 Å². The zero-order valence-corrected chi connectivity index (χ0v) is 12.1. The van der Waals surface area contributed by atoms with Crippen LogP contribution < -0.4 is 5.32 Å². The van der Waals surface area contributed by atoms with Crippen molar-refractivity contribution in [3.8, 4) is 0 Å². The first kappa shape index (κ1) is 15.5. The first-order valence-electron chi connectivity index (χ1n) is 7.24. The lowest BCUT2D eigenvalue weighted by atomic mass is 9.82. The Labute approximate surface area is 123 Å². The van der Waals surface area contributed by atoms with Crippen LogP contribution in [0.25, 0.3) is 0 Å². The van der Waals surface area contributed by atoms with Crippen molar-refractivity contribution in [1.82, 2.24) is 5.32 Å². The van der Waals surface area contributed by atoms with Crippen LogP contribution in [-0.4, -0.2) is 23.5 Å². The first-order valence-corrected chi connectivity index (χ1v) is 7.24. The third-order valence-corrected chi connectivity index (χ3v) is 4.18. The lowest BCUT2D eigenvalue weighted by molar-refractivity contribution is -0.143. The van der Waals surface area contributed by atoms with E-state index >= 15 is 0 Å². The van der Waals surface area contributed by atoms with Crippen LogP contribution in [0.1, 0.15) is 41.6 Å². The molecule has 1 aromatic rings. The number of rotatable bonds is 4. The molecule has 0 aliphatic heterocycles. The number of aryl methyl sites for hydroxylation is 1. The van der Waals surface area contributed by atoms with E-state index in [4.69, 9.17) is 5.11 Å². The molecule has 1 fully saturated rings. The molecule has 0 spiro atoms. The molecule has 0 heterocycles. The highest BCUT2D eigenvalue weighted by atomic mass is 19.1. The highest BCUT2D eigenvalue weighted by molar-refractivity contribution is 5.95. The van der Waals surface area contributed by atoms with E-state index in [1.54, 1.807) is 6.92 Å². The van der Waals surface area contributed by atoms with Crippen LogP contribution in [-0.2, 0) is 4.79 Å². The molecule has 0 radical (unpaired) electrons. The van der Waals surface area contributed by atoms with Gasteiger partial charge in [-0.1, -0.05) is 0 Å². The second-order valence-corrected chi connectivity index (χ2v) is 5.73. The van der Waals surface area contributed by atoms with E-state index < -0.39 is 5.97 Å². The largest absolute Gasteiger partial charge is 0.481 e. The third kappa shape index (κ3) is 4.03. The Morgan fingerprint density at radius 1 is 1.29 bits per heavy atom. The van der Waals surface area contributed by atoms with E-state index in [1.807, 2.05) is 0 Å². The van der Waals surface area contributed by atoms with E-state index in [0.717, 1.165) is 12.8 Å². The van der Waals surface area contributed by atoms with Gasteiger partial charge >= 0.3 is 5.97 Å². The number of carboxylic acid groups (broad SMARTS) is 1. The zero-order valence-electron chi connectivity index (χ0n) is 12.1. The summed E-state index contributed by atoms with van der Waals surface area (Å²) in [6.45, 7) is 2.25. The summed E-state index contributed by atoms with van der Waals surface area (Å²) in [6.07, 6.45) is 2.98. The number of hydrogen-bond donors (Lipinski definition) is 2. The highest BCUT2D eigenvalue weighted by Gasteiger charge is 2.26. The van der Waals surface area contributed by atoms with Crippen molar-refractivity contribution in [2.75, 3.05) is 6.54 Å². The lowest BCUT2D eigenvalue weighted by Gasteiger charge is -2.26. The number of carbonyl (C=O) groups is 2. The third-order valence-electron chi connectivity index (χ3n) is 4.18. The average molecular weight is 293 g/mol. The number of carbonyl (C=O) groups excluding carboxylic acids is 1. The Kier molecular flexibility index (Phi) is 4.94. The SMILES string of the molecule is Cc1cc(F)ccc1C(=O)NCC1CCC(C(=O)O)CC1. The molecule has 4 nitrogen and oxygen atoms in total. The fourth-order valence-corrected chi connectivity index (χ4v) is 2.83. The smallest absolute Gasteiger partial charge is 0.306 e. The zero-order chi connectivity index (χ0) is 15.4. The van der Waals surface area contributed by atoms with Gasteiger partial charge in [0.2, 0.25) is 0 Å². The van der Waals surface area contributed by atoms with Crippen LogP contribution in [0.2, 0.25) is 0 Å². The average Bonchev–Trinajstić information content (AvgIpc) is 2.45. The second kappa shape index (κ2) is 6.70. The number of amides is 1. The molecule has 0 unspecified atom stereocenters. The molecule has 2 rings (SSSR count). The molecule has 0 saturated heterocycles. The molecule has 0 bridgehead atoms. The summed E-state index contributed by atoms with van der Waals surface area (Å²) in [5.74, 6) is -1.19. The molecule has 1 aliphatic rings. The van der Waals surface area contributed by atoms with Gasteiger partial charge in [0, 0.05) is 12.1 Å². The molecule has 2 N–H and O–H groups in total. The van der Waals surface area contributed by atoms with Gasteiger partial charge < -0.3 is 10.4 Å². The van der Waals surface area contributed by atoms with E-state index in [1.165, 1.54) is 18.2 Å². The lowest BCUT2D eigenvalue weighted by Crippen LogP contribution is -2.32. The van der Waals surface area contributed by atoms with Crippen LogP contribution in [0.4, 0.5) is 4.39 Å². The highest BCUT2D eigenvalue weighted by Crippen LogP contribution is 2.28. The Balaban J connectivity index is 1.83. The maximum Gasteiger partial charge on any atom is 0.306 e. The summed E-state index contributed by atoms with van der Waals surface area (Å²) in [4.78, 5) is 22.9. The summed E-state index contributed by atoms with van der Waals surface area (Å²) in [6, 6.07) is 4.11. The Bertz CT molecular complexity index is 536. The molecule has 0 aromatic heterocycles. The van der Waals surface area contributed by atoms with Crippen molar-refractivity contribution in [2.45, 2.75) is 32.6 Å². The number of carboxylic acids is 1. The molecule has 1 aromatic carbocycles. The van der Waals surface area contributed by atoms with Gasteiger partial charge in [-0.2, -0.15) is 0 Å². The van der Waals surface area contributed by atoms with Crippen molar-refractivity contribution in [3.63, 3.8) is 0 Å². The van der Waals surface area contributed by atoms with Crippen LogP contribution in [0.15, 0.2) is 18.2 Å². The summed E-state index contributed by atoms with van der Waals surface area (Å²) in [7, 11) is 0. The van der Waals surface area contributed by atoms with Gasteiger partial charge in [0.15, 0.2) is 0 Å². The summed E-state index contributed by atoms with van der Waals surface area (Å²) < 4.78 is 13.0. The van der Waals surface area contributed by atoms with Gasteiger partial charge in [-0.15, -0.1) is 0 Å². The molecular weight excluding hydrogens is 273 g/mol. The minimum Gasteiger partial charge on any atom is -0.481 e. The summed E-state index contributed by atoms with van der Waals surface area (Å²) in [5.41, 5.74) is 1.10. The number of hydrogen-bond acceptors (Lipinski definition) is 2. The van der Waals surface area contributed by atoms with Crippen molar-refractivity contribution in [1.29, 1.82) is 0 Å². The standard InChI is InChI=1S/C16H20FNO3/c1-10-8-13(17)6-7-14(10)15(19)18-9-11-2-4-12(5-3-11)16(20)21/h6-8,11-12H,2-5,9H2,1H3,(H,18,19)(H,20,21). The molecule has 21 heavy (non-hydrogen) atoms. The monoisotopic (exact) mass is 293 g/mol. The van der Waals surface area contributed by atoms with Crippen molar-refractivity contribution in [3.05, 3.63) is 35.1 Å². The van der Waals surface area contributed by atoms with Gasteiger partial charge in [0.1, 0.15) is 5.82 Å². The normalized spacial score (nSPS) is 21.8. The second-order valence-electron chi connectivity index (χ2n) is 5.73. The van der Waals surface area contributed by atoms with Crippen molar-refractivity contribution < 1.29 is 19.1 Å². The predicted octanol–water partition coefficient (Wildman–Crippen LogP) is 2.75. The van der Waals surface area contributed by atoms with Gasteiger partial charge in [0.05, 0.1) is 5.92 Å². The molecule has 1 amide bonds. The van der Waals surface area contributed by atoms with Gasteiger partial charge in [-0.05, 0) is 62.3 Å². The maximum atomic E-state index is 13.0. The van der Waals surface area contributed by atoms with E-state index in [9.17, 15) is 14.0 Å². The van der Waals surface area contributed by atoms with Crippen LogP contribution in [0, 0.1) is 24.6 Å². The van der Waals surface area contributed by atoms with E-state index in [2.05, 4.69) is 5.32 Å². The Morgan fingerprint density at radius 3 is 2.52 bits per heavy atom. The molecule has 1 aliphatic carbocycles. The Morgan fingerprint density at radius 2 is 1.95 bits per heavy atom. The quantitative estimate of drug-likeness (QED) is 0.897. The fraction of sp³-hybridized carbons (Fsp3) is 0.500. The Hall–Kier alpha value is -1.91. The van der Waals surface area contributed by atoms with E-state index in [-0.39, 0.29) is 17.6 Å². The van der Waals surface area contributed by atoms with Gasteiger partial charge in [0.25, 0.3) is 5.91 Å². The first-order chi connectivity index (χ1) is 9.97. The number of aliphatic carboxylic acids is 1. The van der Waals surface area contributed by atoms with Gasteiger partial charge in [-0.3, -0.25) is 9.59 Å². The van der Waals surface area contributed by atoms with Crippen molar-refractivity contribution in [2.24, 2.45) is 11.8 Å². The summed E-state index contributed by atoms with van der Waals surface area (Å²) >= 11 is 0. The number of nitrogens with one attached hydrogen (secondary N) is 1. The minimum absolute atomic E-state index is 0.201. The van der Waals surface area contributed by atoms with E-state index in [0.29, 0.717) is 36.4 Å². The predicted molar refractivity (Wildman–Crippen MR) is 76.6 cm³/mol. The van der Waals surface area contributed by atoms with Gasteiger partial charge in [-0.25, -0.2) is 4.39 Å². The van der Waals surface area contributed by atoms with Crippen LogP contribution in [0.3, 0.4) is 0 Å². The molecule has 1 saturated carbocycles. The molecular formula is C16H20FNO3. The summed E-state index contributed by atoms with van der Waals surface area (Å²) in [5, 5.41) is 11.8. The maximum absolute atomic E-state index is 13.0. The van der Waals surface area contributed by atoms with Crippen molar-refractivity contribution >= 4 is 11.9 Å². The topological polar surface area (TPSA) is 66.4 Å². The molecule has 114 valence electrons. The molecule has 5 heteroatoms. The van der Waals surface area contributed by atoms with Crippen LogP contribution in [0.5, 0.6) is 0 Å².